The summed E-state index contributed by atoms with van der Waals surface area (Å²) in [5.74, 6) is 1.66. The minimum Gasteiger partial charge on any atom is -0.491 e. The van der Waals surface area contributed by atoms with Crippen molar-refractivity contribution in [2.75, 3.05) is 23.8 Å². The Morgan fingerprint density at radius 2 is 2.09 bits per heavy atom. The molecule has 1 amide bonds. The van der Waals surface area contributed by atoms with Crippen LogP contribution in [0.15, 0.2) is 30.3 Å². The number of ether oxygens (including phenoxy) is 1. The van der Waals surface area contributed by atoms with E-state index in [1.807, 2.05) is 19.1 Å². The number of carbonyl (C=O) groups is 1. The van der Waals surface area contributed by atoms with Gasteiger partial charge in [0.25, 0.3) is 5.91 Å². The van der Waals surface area contributed by atoms with Crippen LogP contribution in [0.1, 0.15) is 53.0 Å². The largest absolute Gasteiger partial charge is 0.491 e. The molecule has 6 rings (SSSR count). The molecule has 2 aromatic heterocycles. The maximum absolute atomic E-state index is 13.0. The van der Waals surface area contributed by atoms with Gasteiger partial charge in [0.2, 0.25) is 0 Å². The summed E-state index contributed by atoms with van der Waals surface area (Å²) in [6.07, 6.45) is 7.47. The van der Waals surface area contributed by atoms with Crippen molar-refractivity contribution in [2.24, 2.45) is 5.92 Å². The van der Waals surface area contributed by atoms with Crippen LogP contribution in [0.2, 0.25) is 0 Å². The number of nitrogen functional groups attached to an aromatic ring is 1. The number of hydrogen-bond donors (Lipinski definition) is 2. The average Bonchev–Trinajstić information content (AvgIpc) is 3.43. The quantitative estimate of drug-likeness (QED) is 0.590. The number of benzene rings is 1. The van der Waals surface area contributed by atoms with Crippen LogP contribution >= 0.6 is 11.3 Å². The molecule has 4 heterocycles. The van der Waals surface area contributed by atoms with Crippen LogP contribution < -0.4 is 20.7 Å². The monoisotopic (exact) mass is 462 g/mol. The van der Waals surface area contributed by atoms with Gasteiger partial charge in [-0.1, -0.05) is 12.5 Å². The van der Waals surface area contributed by atoms with E-state index in [9.17, 15) is 4.79 Å². The van der Waals surface area contributed by atoms with Crippen molar-refractivity contribution in [3.63, 3.8) is 0 Å². The molecule has 3 aromatic rings. The molecular formula is C26H30N4O2S. The Bertz CT molecular complexity index is 1220. The van der Waals surface area contributed by atoms with Crippen molar-refractivity contribution < 1.29 is 9.53 Å². The topological polar surface area (TPSA) is 80.5 Å². The summed E-state index contributed by atoms with van der Waals surface area (Å²) < 4.78 is 6.14. The van der Waals surface area contributed by atoms with Crippen LogP contribution in [0.3, 0.4) is 0 Å². The number of nitrogens with one attached hydrogen (secondary N) is 1. The van der Waals surface area contributed by atoms with Crippen LogP contribution in [-0.2, 0) is 6.42 Å². The Labute approximate surface area is 198 Å². The van der Waals surface area contributed by atoms with Gasteiger partial charge in [-0.2, -0.15) is 0 Å². The number of aromatic nitrogens is 1. The summed E-state index contributed by atoms with van der Waals surface area (Å²) in [4.78, 5) is 21.5. The molecule has 0 spiro atoms. The Hall–Kier alpha value is -2.80. The fraction of sp³-hybridized carbons (Fsp3) is 0.462. The number of thiophene rings is 1. The minimum absolute atomic E-state index is 0.0793. The van der Waals surface area contributed by atoms with Gasteiger partial charge in [0.15, 0.2) is 0 Å². The summed E-state index contributed by atoms with van der Waals surface area (Å²) in [5.41, 5.74) is 10.1. The molecule has 1 aliphatic carbocycles. The van der Waals surface area contributed by atoms with Crippen molar-refractivity contribution in [1.82, 2.24) is 10.3 Å². The average molecular weight is 463 g/mol. The lowest BCUT2D eigenvalue weighted by Gasteiger charge is -2.40. The second kappa shape index (κ2) is 8.20. The van der Waals surface area contributed by atoms with Crippen molar-refractivity contribution in [1.29, 1.82) is 0 Å². The number of nitrogens with zero attached hydrogens (tertiary/aromatic N) is 2. The highest BCUT2D eigenvalue weighted by atomic mass is 32.1. The van der Waals surface area contributed by atoms with Gasteiger partial charge in [0.1, 0.15) is 22.1 Å². The lowest BCUT2D eigenvalue weighted by molar-refractivity contribution is 0.0920. The number of anilines is 2. The van der Waals surface area contributed by atoms with Crippen LogP contribution in [-0.4, -0.2) is 36.1 Å². The van der Waals surface area contributed by atoms with E-state index in [0.29, 0.717) is 23.2 Å². The normalized spacial score (nSPS) is 24.3. The van der Waals surface area contributed by atoms with Crippen LogP contribution in [0.5, 0.6) is 5.75 Å². The summed E-state index contributed by atoms with van der Waals surface area (Å²) in [5, 5.41) is 3.97. The van der Waals surface area contributed by atoms with Crippen LogP contribution in [0, 0.1) is 12.8 Å². The highest BCUT2D eigenvalue weighted by Crippen LogP contribution is 2.41. The Balaban J connectivity index is 1.16. The zero-order valence-electron chi connectivity index (χ0n) is 19.0. The second-order valence-electron chi connectivity index (χ2n) is 9.72. The number of hydrogen-bond acceptors (Lipinski definition) is 6. The highest BCUT2D eigenvalue weighted by molar-refractivity contribution is 7.21. The van der Waals surface area contributed by atoms with E-state index < -0.39 is 0 Å². The third-order valence-electron chi connectivity index (χ3n) is 7.56. The molecule has 0 bridgehead atoms. The lowest BCUT2D eigenvalue weighted by atomic mass is 9.91. The maximum atomic E-state index is 13.0. The molecule has 0 unspecified atom stereocenters. The summed E-state index contributed by atoms with van der Waals surface area (Å²) in [7, 11) is 0. The van der Waals surface area contributed by atoms with Gasteiger partial charge in [-0.25, -0.2) is 4.98 Å². The Kier molecular flexibility index (Phi) is 5.17. The first-order valence-corrected chi connectivity index (χ1v) is 12.9. The van der Waals surface area contributed by atoms with E-state index in [-0.39, 0.29) is 11.9 Å². The first-order valence-electron chi connectivity index (χ1n) is 12.1. The number of piperidine rings is 1. The van der Waals surface area contributed by atoms with E-state index in [1.54, 1.807) is 0 Å². The molecule has 7 heteroatoms. The smallest absolute Gasteiger partial charge is 0.263 e. The first kappa shape index (κ1) is 20.8. The molecule has 172 valence electrons. The number of rotatable bonds is 3. The molecule has 0 radical (unpaired) electrons. The summed E-state index contributed by atoms with van der Waals surface area (Å²) in [6.45, 7) is 3.55. The maximum Gasteiger partial charge on any atom is 0.263 e. The minimum atomic E-state index is -0.151. The molecule has 2 aliphatic heterocycles. The predicted molar refractivity (Wildman–Crippen MR) is 133 cm³/mol. The van der Waals surface area contributed by atoms with Crippen molar-refractivity contribution in [3.05, 3.63) is 46.5 Å². The van der Waals surface area contributed by atoms with Gasteiger partial charge in [0.05, 0.1) is 11.7 Å². The number of nitrogens with two attached hydrogens (primary N) is 1. The number of amides is 1. The van der Waals surface area contributed by atoms with E-state index in [4.69, 9.17) is 10.5 Å². The predicted octanol–water partition coefficient (Wildman–Crippen LogP) is 4.69. The molecule has 3 atom stereocenters. The van der Waals surface area contributed by atoms with E-state index in [2.05, 4.69) is 33.4 Å². The van der Waals surface area contributed by atoms with E-state index in [1.165, 1.54) is 49.1 Å². The fourth-order valence-corrected chi connectivity index (χ4v) is 6.96. The molecule has 1 aromatic carbocycles. The summed E-state index contributed by atoms with van der Waals surface area (Å²) >= 11 is 1.35. The molecule has 1 saturated carbocycles. The summed E-state index contributed by atoms with van der Waals surface area (Å²) in [6, 6.07) is 11.1. The third-order valence-corrected chi connectivity index (χ3v) is 8.67. The Morgan fingerprint density at radius 1 is 1.21 bits per heavy atom. The van der Waals surface area contributed by atoms with Gasteiger partial charge in [-0.15, -0.1) is 11.3 Å². The molecule has 6 nitrogen and oxygen atoms in total. The van der Waals surface area contributed by atoms with Gasteiger partial charge >= 0.3 is 0 Å². The van der Waals surface area contributed by atoms with Crippen molar-refractivity contribution in [3.8, 4) is 5.75 Å². The van der Waals surface area contributed by atoms with Crippen molar-refractivity contribution >= 4 is 38.8 Å². The number of fused-ring (bicyclic) bond motifs is 3. The lowest BCUT2D eigenvalue weighted by Crippen LogP contribution is -2.43. The number of pyridine rings is 1. The van der Waals surface area contributed by atoms with E-state index >= 15 is 0 Å². The zero-order chi connectivity index (χ0) is 22.5. The molecule has 3 N–H and O–H groups in total. The SMILES string of the molecule is Cc1ccc2c(N)c(C(=O)N[C@H]3COc4cc(N5CCC[C@@H]6CCC[C@@H]65)ccc4C3)sc2n1. The molecule has 1 saturated heterocycles. The molecule has 2 fully saturated rings. The van der Waals surface area contributed by atoms with Gasteiger partial charge < -0.3 is 20.7 Å². The second-order valence-corrected chi connectivity index (χ2v) is 10.7. The zero-order valence-corrected chi connectivity index (χ0v) is 19.8. The van der Waals surface area contributed by atoms with Gasteiger partial charge in [-0.3, -0.25) is 4.79 Å². The van der Waals surface area contributed by atoms with Crippen LogP contribution in [0.4, 0.5) is 11.4 Å². The fourth-order valence-electron chi connectivity index (χ4n) is 5.92. The standard InChI is InChI=1S/C26H30N4O2S/c1-15-7-10-20-23(27)24(33-26(20)28-15)25(31)29-18-12-17-8-9-19(13-22(17)32-14-18)30-11-3-5-16-4-2-6-21(16)30/h7-10,13,16,18,21H,2-6,11-12,14,27H2,1H3,(H,29,31)/t16-,18+,21-/m0/s1. The molecule has 3 aliphatic rings. The van der Waals surface area contributed by atoms with Crippen LogP contribution in [0.25, 0.3) is 10.2 Å². The first-order chi connectivity index (χ1) is 16.1. The number of aryl methyl sites for hydroxylation is 1. The molecule has 33 heavy (non-hydrogen) atoms. The Morgan fingerprint density at radius 3 is 3.00 bits per heavy atom. The highest BCUT2D eigenvalue weighted by Gasteiger charge is 2.35. The van der Waals surface area contributed by atoms with Gasteiger partial charge in [0, 0.05) is 35.4 Å². The third kappa shape index (κ3) is 3.72. The molecular weight excluding hydrogens is 432 g/mol. The van der Waals surface area contributed by atoms with E-state index in [0.717, 1.165) is 46.1 Å². The number of carbonyl (C=O) groups excluding carboxylic acids is 1. The van der Waals surface area contributed by atoms with Crippen molar-refractivity contribution in [2.45, 2.75) is 57.5 Å². The van der Waals surface area contributed by atoms with Gasteiger partial charge in [-0.05, 0) is 68.7 Å².